The number of rotatable bonds is 4. The van der Waals surface area contributed by atoms with Crippen LogP contribution in [0.15, 0.2) is 35.6 Å². The molecule has 2 heterocycles. The molecule has 0 saturated heterocycles. The number of urea groups is 1. The predicted molar refractivity (Wildman–Crippen MR) is 85.0 cm³/mol. The van der Waals surface area contributed by atoms with Gasteiger partial charge in [0.15, 0.2) is 0 Å². The van der Waals surface area contributed by atoms with Crippen LogP contribution in [0.5, 0.6) is 0 Å². The molecule has 1 aliphatic heterocycles. The number of benzene rings is 1. The van der Waals surface area contributed by atoms with Crippen molar-refractivity contribution in [2.45, 2.75) is 25.7 Å². The lowest BCUT2D eigenvalue weighted by Crippen LogP contribution is -2.48. The van der Waals surface area contributed by atoms with Gasteiger partial charge >= 0.3 is 12.2 Å². The SMILES string of the molecule is C[C@@H]1NC(=O)NN=C1c1ccc(NCc2ccn[nH]2)c(C(F)(F)F)c1. The van der Waals surface area contributed by atoms with E-state index in [9.17, 15) is 18.0 Å². The van der Waals surface area contributed by atoms with E-state index in [4.69, 9.17) is 0 Å². The predicted octanol–water partition coefficient (Wildman–Crippen LogP) is 2.45. The largest absolute Gasteiger partial charge is 0.418 e. The fourth-order valence-corrected chi connectivity index (χ4v) is 2.49. The van der Waals surface area contributed by atoms with Crippen LogP contribution in [-0.4, -0.2) is 28.0 Å². The zero-order chi connectivity index (χ0) is 18.0. The van der Waals surface area contributed by atoms with Crippen LogP contribution in [-0.2, 0) is 12.7 Å². The van der Waals surface area contributed by atoms with Gasteiger partial charge in [-0.3, -0.25) is 5.10 Å². The molecular weight excluding hydrogens is 337 g/mol. The van der Waals surface area contributed by atoms with E-state index in [1.165, 1.54) is 18.3 Å². The number of aromatic nitrogens is 2. The van der Waals surface area contributed by atoms with Gasteiger partial charge in [-0.15, -0.1) is 0 Å². The first-order chi connectivity index (χ1) is 11.8. The van der Waals surface area contributed by atoms with Crippen LogP contribution in [0.25, 0.3) is 0 Å². The number of amides is 2. The van der Waals surface area contributed by atoms with Crippen LogP contribution in [0.4, 0.5) is 23.7 Å². The van der Waals surface area contributed by atoms with Crippen LogP contribution in [0, 0.1) is 0 Å². The summed E-state index contributed by atoms with van der Waals surface area (Å²) in [6.07, 6.45) is -3.02. The van der Waals surface area contributed by atoms with Crippen molar-refractivity contribution in [2.75, 3.05) is 5.32 Å². The Morgan fingerprint density at radius 1 is 1.28 bits per heavy atom. The molecule has 0 saturated carbocycles. The number of hydrogen-bond acceptors (Lipinski definition) is 4. The summed E-state index contributed by atoms with van der Waals surface area (Å²) >= 11 is 0. The number of nitrogens with zero attached hydrogens (tertiary/aromatic N) is 2. The zero-order valence-electron chi connectivity index (χ0n) is 13.1. The van der Waals surface area contributed by atoms with Gasteiger partial charge in [-0.1, -0.05) is 6.07 Å². The Morgan fingerprint density at radius 2 is 2.08 bits per heavy atom. The van der Waals surface area contributed by atoms with Gasteiger partial charge in [-0.25, -0.2) is 10.2 Å². The topological polar surface area (TPSA) is 94.2 Å². The molecule has 25 heavy (non-hydrogen) atoms. The van der Waals surface area contributed by atoms with E-state index >= 15 is 0 Å². The van der Waals surface area contributed by atoms with Crippen LogP contribution in [0.1, 0.15) is 23.7 Å². The van der Waals surface area contributed by atoms with Gasteiger partial charge in [0.25, 0.3) is 0 Å². The summed E-state index contributed by atoms with van der Waals surface area (Å²) in [6.45, 7) is 1.83. The molecule has 0 unspecified atom stereocenters. The summed E-state index contributed by atoms with van der Waals surface area (Å²) in [6, 6.07) is 4.56. The number of H-pyrrole nitrogens is 1. The lowest BCUT2D eigenvalue weighted by atomic mass is 10.00. The molecule has 3 rings (SSSR count). The summed E-state index contributed by atoms with van der Waals surface area (Å²) in [5.74, 6) is 0. The van der Waals surface area contributed by atoms with Gasteiger partial charge in [0.1, 0.15) is 0 Å². The summed E-state index contributed by atoms with van der Waals surface area (Å²) in [5, 5.41) is 15.6. The Morgan fingerprint density at radius 3 is 2.72 bits per heavy atom. The molecule has 1 aromatic carbocycles. The third-order valence-electron chi connectivity index (χ3n) is 3.68. The number of nitrogens with one attached hydrogen (secondary N) is 4. The van der Waals surface area contributed by atoms with Gasteiger partial charge in [-0.05, 0) is 25.1 Å². The van der Waals surface area contributed by atoms with Gasteiger partial charge < -0.3 is 10.6 Å². The van der Waals surface area contributed by atoms with E-state index in [0.29, 0.717) is 11.4 Å². The third-order valence-corrected chi connectivity index (χ3v) is 3.68. The molecule has 1 atom stereocenters. The zero-order valence-corrected chi connectivity index (χ0v) is 13.1. The standard InChI is InChI=1S/C15H15F3N6O/c1-8-13(23-24-14(25)21-8)9-2-3-12(11(6-9)15(16,17)18)19-7-10-4-5-20-22-10/h2-6,8,19H,7H2,1H3,(H,20,22)(H2,21,24,25)/t8-/m0/s1. The molecule has 1 aliphatic rings. The minimum absolute atomic E-state index is 0.0492. The number of carbonyl (C=O) groups excluding carboxylic acids is 1. The van der Waals surface area contributed by atoms with Crippen molar-refractivity contribution in [3.05, 3.63) is 47.3 Å². The Bertz CT molecular complexity index is 800. The smallest absolute Gasteiger partial charge is 0.379 e. The lowest BCUT2D eigenvalue weighted by molar-refractivity contribution is -0.137. The minimum Gasteiger partial charge on any atom is -0.379 e. The second-order valence-electron chi connectivity index (χ2n) is 5.50. The van der Waals surface area contributed by atoms with Crippen LogP contribution in [0.2, 0.25) is 0 Å². The van der Waals surface area contributed by atoms with Gasteiger partial charge in [0.2, 0.25) is 0 Å². The molecule has 0 spiro atoms. The normalized spacial score (nSPS) is 17.5. The van der Waals surface area contributed by atoms with E-state index < -0.39 is 23.8 Å². The Hall–Kier alpha value is -3.04. The number of alkyl halides is 3. The number of hydrogen-bond donors (Lipinski definition) is 4. The summed E-state index contributed by atoms with van der Waals surface area (Å²) in [5.41, 5.74) is 2.61. The van der Waals surface area contributed by atoms with Crippen molar-refractivity contribution in [2.24, 2.45) is 5.10 Å². The third kappa shape index (κ3) is 3.73. The van der Waals surface area contributed by atoms with E-state index in [2.05, 4.69) is 31.4 Å². The molecule has 132 valence electrons. The number of carbonyl (C=O) groups is 1. The van der Waals surface area contributed by atoms with E-state index in [1.54, 1.807) is 13.0 Å². The van der Waals surface area contributed by atoms with Gasteiger partial charge in [-0.2, -0.15) is 23.4 Å². The highest BCUT2D eigenvalue weighted by Crippen LogP contribution is 2.36. The quantitative estimate of drug-likeness (QED) is 0.681. The molecule has 1 aromatic heterocycles. The first-order valence-corrected chi connectivity index (χ1v) is 7.42. The molecule has 0 aliphatic carbocycles. The second kappa shape index (κ2) is 6.46. The molecule has 10 heteroatoms. The second-order valence-corrected chi connectivity index (χ2v) is 5.50. The fourth-order valence-electron chi connectivity index (χ4n) is 2.49. The van der Waals surface area contributed by atoms with Crippen LogP contribution in [0.3, 0.4) is 0 Å². The lowest BCUT2D eigenvalue weighted by Gasteiger charge is -2.22. The number of anilines is 1. The highest BCUT2D eigenvalue weighted by atomic mass is 19.4. The van der Waals surface area contributed by atoms with Crippen molar-refractivity contribution in [1.29, 1.82) is 0 Å². The highest BCUT2D eigenvalue weighted by molar-refractivity contribution is 6.07. The number of hydrazone groups is 1. The molecular formula is C15H15F3N6O. The maximum Gasteiger partial charge on any atom is 0.418 e. The Balaban J connectivity index is 1.91. The summed E-state index contributed by atoms with van der Waals surface area (Å²) in [7, 11) is 0. The molecule has 0 fully saturated rings. The molecule has 0 radical (unpaired) electrons. The average Bonchev–Trinajstić information content (AvgIpc) is 3.05. The maximum atomic E-state index is 13.4. The monoisotopic (exact) mass is 352 g/mol. The van der Waals surface area contributed by atoms with Gasteiger partial charge in [0.05, 0.1) is 29.6 Å². The van der Waals surface area contributed by atoms with Crippen molar-refractivity contribution in [3.63, 3.8) is 0 Å². The van der Waals surface area contributed by atoms with Gasteiger partial charge in [0, 0.05) is 17.4 Å². The maximum absolute atomic E-state index is 13.4. The van der Waals surface area contributed by atoms with Crippen LogP contribution < -0.4 is 16.1 Å². The fraction of sp³-hybridized carbons (Fsp3) is 0.267. The van der Waals surface area contributed by atoms with Crippen molar-refractivity contribution >= 4 is 17.4 Å². The average molecular weight is 352 g/mol. The van der Waals surface area contributed by atoms with Crippen molar-refractivity contribution in [1.82, 2.24) is 20.9 Å². The summed E-state index contributed by atoms with van der Waals surface area (Å²) < 4.78 is 40.3. The molecule has 2 aromatic rings. The minimum atomic E-state index is -4.54. The molecule has 7 nitrogen and oxygen atoms in total. The van der Waals surface area contributed by atoms with Crippen molar-refractivity contribution in [3.8, 4) is 0 Å². The number of halogens is 3. The summed E-state index contributed by atoms with van der Waals surface area (Å²) in [4.78, 5) is 11.2. The van der Waals surface area contributed by atoms with Crippen molar-refractivity contribution < 1.29 is 18.0 Å². The van der Waals surface area contributed by atoms with E-state index in [0.717, 1.165) is 6.07 Å². The Kier molecular flexibility index (Phi) is 4.34. The Labute approximate surface area is 140 Å². The van der Waals surface area contributed by atoms with E-state index in [1.807, 2.05) is 0 Å². The first-order valence-electron chi connectivity index (χ1n) is 7.42. The number of aromatic amines is 1. The molecule has 2 amide bonds. The molecule has 4 N–H and O–H groups in total. The van der Waals surface area contributed by atoms with Crippen LogP contribution >= 0.6 is 0 Å². The first kappa shape index (κ1) is 16.8. The highest BCUT2D eigenvalue weighted by Gasteiger charge is 2.34. The molecule has 0 bridgehead atoms. The van der Waals surface area contributed by atoms with E-state index in [-0.39, 0.29) is 17.8 Å².